The Morgan fingerprint density at radius 1 is 0.878 bits per heavy atom. The Kier molecular flexibility index (Phi) is 11.6. The number of aromatic amines is 1. The number of aliphatic hydroxyl groups excluding tert-OH is 1. The van der Waals surface area contributed by atoms with E-state index in [0.29, 0.717) is 31.4 Å². The number of rotatable bonds is 14. The molecule has 0 bridgehead atoms. The number of carboxylic acid groups (broad SMARTS) is 1. The molecule has 2 aliphatic rings. The Bertz CT molecular complexity index is 1760. The summed E-state index contributed by atoms with van der Waals surface area (Å²) in [5, 5.41) is 21.3. The van der Waals surface area contributed by atoms with Crippen LogP contribution in [0.5, 0.6) is 0 Å². The van der Waals surface area contributed by atoms with Gasteiger partial charge in [-0.05, 0) is 61.1 Å². The summed E-state index contributed by atoms with van der Waals surface area (Å²) in [6.45, 7) is 2.39. The van der Waals surface area contributed by atoms with Gasteiger partial charge < -0.3 is 34.9 Å². The Balaban J connectivity index is 1.10. The fraction of sp³-hybridized carbons (Fsp3) is 0.447. The molecule has 2 aliphatic heterocycles. The zero-order valence-electron chi connectivity index (χ0n) is 27.8. The summed E-state index contributed by atoms with van der Waals surface area (Å²) in [7, 11) is 0. The van der Waals surface area contributed by atoms with Crippen molar-refractivity contribution in [3.05, 3.63) is 100.0 Å². The number of fused-ring (bicyclic) bond motifs is 1. The molecule has 260 valence electrons. The first-order valence-electron chi connectivity index (χ1n) is 17.4. The lowest BCUT2D eigenvalue weighted by Gasteiger charge is -2.40. The van der Waals surface area contributed by atoms with E-state index < -0.39 is 12.3 Å². The second-order valence-corrected chi connectivity index (χ2v) is 13.2. The molecule has 4 aromatic rings. The second kappa shape index (κ2) is 16.4. The molecule has 4 N–H and O–H groups in total. The summed E-state index contributed by atoms with van der Waals surface area (Å²) >= 11 is 0. The van der Waals surface area contributed by atoms with Crippen molar-refractivity contribution in [1.82, 2.24) is 14.5 Å². The number of nitrogens with one attached hydrogen (secondary N) is 2. The highest BCUT2D eigenvalue weighted by atomic mass is 16.7. The van der Waals surface area contributed by atoms with E-state index in [9.17, 15) is 19.5 Å². The average Bonchev–Trinajstić information content (AvgIpc) is 3.45. The molecule has 11 heteroatoms. The summed E-state index contributed by atoms with van der Waals surface area (Å²) in [6.07, 6.45) is 4.87. The molecule has 0 radical (unpaired) electrons. The third kappa shape index (κ3) is 9.04. The number of benzene rings is 3. The van der Waals surface area contributed by atoms with Crippen LogP contribution in [-0.2, 0) is 25.7 Å². The number of carbonyl (C=O) groups excluding carboxylic acids is 1. The maximum Gasteiger partial charge on any atom is 0.326 e. The second-order valence-electron chi connectivity index (χ2n) is 13.2. The lowest BCUT2D eigenvalue weighted by atomic mass is 9.98. The summed E-state index contributed by atoms with van der Waals surface area (Å²) < 4.78 is 15.1. The van der Waals surface area contributed by atoms with Gasteiger partial charge in [0.2, 0.25) is 5.91 Å². The van der Waals surface area contributed by atoms with Gasteiger partial charge in [-0.2, -0.15) is 0 Å². The number of nitrogens with zero attached hydrogens (tertiary/aromatic N) is 2. The molecule has 3 atom stereocenters. The fourth-order valence-electron chi connectivity index (χ4n) is 7.02. The normalized spacial score (nSPS) is 20.4. The van der Waals surface area contributed by atoms with Crippen molar-refractivity contribution >= 4 is 28.6 Å². The number of anilines is 1. The monoisotopic (exact) mass is 670 g/mol. The predicted molar refractivity (Wildman–Crippen MR) is 186 cm³/mol. The molecule has 2 fully saturated rings. The average molecular weight is 671 g/mol. The van der Waals surface area contributed by atoms with Crippen LogP contribution in [0.15, 0.2) is 77.6 Å². The van der Waals surface area contributed by atoms with Crippen molar-refractivity contribution in [2.75, 3.05) is 25.0 Å². The minimum atomic E-state index is -0.790. The Morgan fingerprint density at radius 3 is 2.39 bits per heavy atom. The minimum Gasteiger partial charge on any atom is -0.481 e. The van der Waals surface area contributed by atoms with Crippen molar-refractivity contribution in [2.45, 2.75) is 88.9 Å². The number of unbranched alkanes of at least 4 members (excludes halogenated alkanes) is 3. The lowest BCUT2D eigenvalue weighted by Crippen LogP contribution is -2.43. The molecule has 0 spiro atoms. The number of para-hydroxylation sites is 2. The Hall–Kier alpha value is -4.29. The van der Waals surface area contributed by atoms with E-state index in [-0.39, 0.29) is 42.9 Å². The van der Waals surface area contributed by atoms with Crippen LogP contribution in [0.1, 0.15) is 92.9 Å². The molecule has 2 saturated heterocycles. The van der Waals surface area contributed by atoms with Crippen LogP contribution in [0.3, 0.4) is 0 Å². The van der Waals surface area contributed by atoms with Crippen LogP contribution in [-0.4, -0.2) is 62.3 Å². The highest BCUT2D eigenvalue weighted by Gasteiger charge is 2.34. The van der Waals surface area contributed by atoms with Crippen LogP contribution in [0.4, 0.5) is 5.69 Å². The number of aliphatic hydroxyl groups is 1. The van der Waals surface area contributed by atoms with Crippen molar-refractivity contribution in [2.24, 2.45) is 0 Å². The van der Waals surface area contributed by atoms with Crippen LogP contribution in [0.2, 0.25) is 0 Å². The standard InChI is InChI=1S/C38H46N4O7/c43-25-26-14-16-27(17-15-26)34-23-31(24-41-20-18-30(19-21-41)42-33-11-6-5-10-32(33)40-38(42)47)48-37(49-34)28-8-7-9-29(22-28)39-35(44)12-3-1-2-4-13-36(45)46/h5-11,14-17,22,30-31,34,37,43H,1-4,12-13,18-21,23-25H2,(H,39,44)(H,40,47)(H,45,46)/t31-,34+,37+/m1/s1. The fourth-order valence-corrected chi connectivity index (χ4v) is 7.02. The summed E-state index contributed by atoms with van der Waals surface area (Å²) in [4.78, 5) is 41.6. The van der Waals surface area contributed by atoms with Crippen molar-refractivity contribution in [3.63, 3.8) is 0 Å². The van der Waals surface area contributed by atoms with Gasteiger partial charge in [0.15, 0.2) is 6.29 Å². The zero-order chi connectivity index (χ0) is 34.2. The van der Waals surface area contributed by atoms with Gasteiger partial charge in [-0.1, -0.05) is 61.4 Å². The molecule has 0 unspecified atom stereocenters. The molecule has 49 heavy (non-hydrogen) atoms. The predicted octanol–water partition coefficient (Wildman–Crippen LogP) is 6.07. The molecule has 1 amide bonds. The van der Waals surface area contributed by atoms with Gasteiger partial charge in [0.1, 0.15) is 0 Å². The quantitative estimate of drug-likeness (QED) is 0.118. The van der Waals surface area contributed by atoms with Crippen LogP contribution in [0, 0.1) is 0 Å². The van der Waals surface area contributed by atoms with Gasteiger partial charge in [0.05, 0.1) is 29.8 Å². The van der Waals surface area contributed by atoms with E-state index in [2.05, 4.69) is 15.2 Å². The maximum atomic E-state index is 12.8. The highest BCUT2D eigenvalue weighted by molar-refractivity contribution is 5.90. The number of likely N-dealkylation sites (tertiary alicyclic amines) is 1. The number of H-pyrrole nitrogens is 1. The minimum absolute atomic E-state index is 0.0238. The number of aromatic nitrogens is 2. The first-order valence-corrected chi connectivity index (χ1v) is 17.4. The van der Waals surface area contributed by atoms with Gasteiger partial charge in [0.25, 0.3) is 0 Å². The number of imidazole rings is 1. The van der Waals surface area contributed by atoms with Crippen LogP contribution in [0.25, 0.3) is 11.0 Å². The third-order valence-corrected chi connectivity index (χ3v) is 9.61. The number of amides is 1. The SMILES string of the molecule is O=C(O)CCCCCCC(=O)Nc1cccc([C@H]2O[C@@H](CN3CCC(n4c(=O)[nH]c5ccccc54)CC3)C[C@@H](c3ccc(CO)cc3)O2)c1. The third-order valence-electron chi connectivity index (χ3n) is 9.61. The first-order chi connectivity index (χ1) is 23.9. The number of hydrogen-bond donors (Lipinski definition) is 4. The summed E-state index contributed by atoms with van der Waals surface area (Å²) in [5.74, 6) is -0.874. The van der Waals surface area contributed by atoms with E-state index in [1.807, 2.05) is 77.4 Å². The molecule has 1 aromatic heterocycles. The van der Waals surface area contributed by atoms with Gasteiger partial charge in [-0.15, -0.1) is 0 Å². The molecule has 0 aliphatic carbocycles. The van der Waals surface area contributed by atoms with E-state index in [1.54, 1.807) is 0 Å². The number of carbonyl (C=O) groups is 2. The molecule has 3 aromatic carbocycles. The number of carboxylic acids is 1. The smallest absolute Gasteiger partial charge is 0.326 e. The van der Waals surface area contributed by atoms with Gasteiger partial charge >= 0.3 is 11.7 Å². The summed E-state index contributed by atoms with van der Waals surface area (Å²) in [6, 6.07) is 23.4. The van der Waals surface area contributed by atoms with Gasteiger partial charge in [0, 0.05) is 56.2 Å². The van der Waals surface area contributed by atoms with E-state index in [0.717, 1.165) is 73.0 Å². The first kappa shape index (κ1) is 34.6. The Morgan fingerprint density at radius 2 is 1.63 bits per heavy atom. The number of aliphatic carboxylic acids is 1. The molecule has 11 nitrogen and oxygen atoms in total. The lowest BCUT2D eigenvalue weighted by molar-refractivity contribution is -0.253. The molecule has 0 saturated carbocycles. The van der Waals surface area contributed by atoms with E-state index in [1.165, 1.54) is 0 Å². The Labute approximate surface area is 285 Å². The molecule has 6 rings (SSSR count). The topological polar surface area (TPSA) is 146 Å². The van der Waals surface area contributed by atoms with Gasteiger partial charge in [-0.3, -0.25) is 14.2 Å². The van der Waals surface area contributed by atoms with Crippen LogP contribution < -0.4 is 11.0 Å². The van der Waals surface area contributed by atoms with Crippen LogP contribution >= 0.6 is 0 Å². The largest absolute Gasteiger partial charge is 0.481 e. The van der Waals surface area contributed by atoms with Crippen molar-refractivity contribution in [3.8, 4) is 0 Å². The molecular formula is C38H46N4O7. The zero-order valence-corrected chi connectivity index (χ0v) is 27.8. The van der Waals surface area contributed by atoms with Crippen molar-refractivity contribution in [1.29, 1.82) is 0 Å². The highest BCUT2D eigenvalue weighted by Crippen LogP contribution is 2.39. The number of hydrogen-bond acceptors (Lipinski definition) is 7. The van der Waals surface area contributed by atoms with Gasteiger partial charge in [-0.25, -0.2) is 4.79 Å². The maximum absolute atomic E-state index is 12.8. The van der Waals surface area contributed by atoms with E-state index >= 15 is 0 Å². The van der Waals surface area contributed by atoms with Crippen molar-refractivity contribution < 1.29 is 29.3 Å². The molecule has 3 heterocycles. The summed E-state index contributed by atoms with van der Waals surface area (Å²) in [5.41, 5.74) is 5.08. The number of ether oxygens (including phenoxy) is 2. The molecular weight excluding hydrogens is 624 g/mol. The van der Waals surface area contributed by atoms with E-state index in [4.69, 9.17) is 14.6 Å². The number of piperidine rings is 1.